The minimum Gasteiger partial charge on any atom is -0.351 e. The number of nitrogens with zero attached hydrogens (tertiary/aromatic N) is 2. The number of nitriles is 1. The second-order valence-electron chi connectivity index (χ2n) is 5.16. The van der Waals surface area contributed by atoms with Gasteiger partial charge in [-0.2, -0.15) is 5.26 Å². The zero-order valence-electron chi connectivity index (χ0n) is 11.8. The number of halogens is 1. The summed E-state index contributed by atoms with van der Waals surface area (Å²) in [7, 11) is 0. The van der Waals surface area contributed by atoms with Gasteiger partial charge in [-0.1, -0.05) is 17.7 Å². The molecule has 0 fully saturated rings. The molecule has 1 aliphatic rings. The molecule has 0 bridgehead atoms. The predicted octanol–water partition coefficient (Wildman–Crippen LogP) is 4.37. The minimum absolute atomic E-state index is 0.517. The fourth-order valence-electron chi connectivity index (χ4n) is 2.78. The van der Waals surface area contributed by atoms with E-state index in [-0.39, 0.29) is 0 Å². The van der Waals surface area contributed by atoms with E-state index in [0.29, 0.717) is 21.3 Å². The van der Waals surface area contributed by atoms with Gasteiger partial charge in [0, 0.05) is 9.90 Å². The largest absolute Gasteiger partial charge is 0.351 e. The van der Waals surface area contributed by atoms with Crippen LogP contribution in [0.25, 0.3) is 0 Å². The van der Waals surface area contributed by atoms with Gasteiger partial charge in [0.2, 0.25) is 0 Å². The van der Waals surface area contributed by atoms with Crippen LogP contribution in [0.4, 0.5) is 15.5 Å². The number of carbonyl (C=O) groups is 1. The summed E-state index contributed by atoms with van der Waals surface area (Å²) in [5.74, 6) is 0. The summed E-state index contributed by atoms with van der Waals surface area (Å²) < 4.78 is 0. The molecule has 1 aromatic carbocycles. The molecule has 2 N–H and O–H groups in total. The van der Waals surface area contributed by atoms with Crippen LogP contribution >= 0.6 is 22.9 Å². The quantitative estimate of drug-likeness (QED) is 0.887. The van der Waals surface area contributed by atoms with E-state index in [1.54, 1.807) is 24.3 Å². The Balaban J connectivity index is 2.16. The zero-order valence-corrected chi connectivity index (χ0v) is 13.4. The SMILES string of the molecule is N#Cc1c(N(C(N)=O)c2cccc(Cl)c2)sc2c1CCCC2. The lowest BCUT2D eigenvalue weighted by atomic mass is 9.96. The molecule has 1 aliphatic carbocycles. The van der Waals surface area contributed by atoms with Crippen LogP contribution in [0.1, 0.15) is 28.8 Å². The Morgan fingerprint density at radius 3 is 2.82 bits per heavy atom. The van der Waals surface area contributed by atoms with Crippen molar-refractivity contribution in [1.29, 1.82) is 5.26 Å². The smallest absolute Gasteiger partial charge is 0.324 e. The van der Waals surface area contributed by atoms with Gasteiger partial charge in [-0.15, -0.1) is 11.3 Å². The summed E-state index contributed by atoms with van der Waals surface area (Å²) in [6, 6.07) is 8.56. The molecule has 112 valence electrons. The lowest BCUT2D eigenvalue weighted by Crippen LogP contribution is -2.31. The summed E-state index contributed by atoms with van der Waals surface area (Å²) in [4.78, 5) is 14.6. The molecule has 6 heteroatoms. The first-order chi connectivity index (χ1) is 10.6. The van der Waals surface area contributed by atoms with Crippen molar-refractivity contribution in [1.82, 2.24) is 0 Å². The maximum Gasteiger partial charge on any atom is 0.324 e. The summed E-state index contributed by atoms with van der Waals surface area (Å²) in [5.41, 5.74) is 7.79. The molecule has 2 aromatic rings. The molecular formula is C16H14ClN3OS. The Morgan fingerprint density at radius 2 is 2.14 bits per heavy atom. The van der Waals surface area contributed by atoms with Gasteiger partial charge in [-0.25, -0.2) is 4.79 Å². The van der Waals surface area contributed by atoms with E-state index in [1.165, 1.54) is 21.1 Å². The van der Waals surface area contributed by atoms with Crippen LogP contribution in [0.2, 0.25) is 5.02 Å². The van der Waals surface area contributed by atoms with Crippen LogP contribution in [0.5, 0.6) is 0 Å². The van der Waals surface area contributed by atoms with Crippen LogP contribution in [-0.2, 0) is 12.8 Å². The van der Waals surface area contributed by atoms with Crippen molar-refractivity contribution in [3.8, 4) is 6.07 Å². The first kappa shape index (κ1) is 14.9. The summed E-state index contributed by atoms with van der Waals surface area (Å²) in [5, 5.41) is 10.7. The lowest BCUT2D eigenvalue weighted by molar-refractivity contribution is 0.256. The highest BCUT2D eigenvalue weighted by Crippen LogP contribution is 2.42. The maximum absolute atomic E-state index is 12.0. The van der Waals surface area contributed by atoms with Crippen LogP contribution in [-0.4, -0.2) is 6.03 Å². The van der Waals surface area contributed by atoms with Crippen molar-refractivity contribution in [2.24, 2.45) is 5.73 Å². The number of amides is 2. The van der Waals surface area contributed by atoms with E-state index < -0.39 is 6.03 Å². The molecule has 4 nitrogen and oxygen atoms in total. The normalized spacial score (nSPS) is 13.3. The van der Waals surface area contributed by atoms with Crippen LogP contribution in [0.15, 0.2) is 24.3 Å². The van der Waals surface area contributed by atoms with E-state index in [1.807, 2.05) is 0 Å². The van der Waals surface area contributed by atoms with Crippen LogP contribution in [0, 0.1) is 11.3 Å². The molecule has 2 amide bonds. The number of fused-ring (bicyclic) bond motifs is 1. The Hall–Kier alpha value is -2.03. The maximum atomic E-state index is 12.0. The third-order valence-corrected chi connectivity index (χ3v) is 5.27. The highest BCUT2D eigenvalue weighted by molar-refractivity contribution is 7.16. The number of aryl methyl sites for hydroxylation is 1. The third-order valence-electron chi connectivity index (χ3n) is 3.75. The number of benzene rings is 1. The molecule has 0 saturated carbocycles. The Bertz CT molecular complexity index is 778. The molecule has 0 aliphatic heterocycles. The highest BCUT2D eigenvalue weighted by Gasteiger charge is 2.27. The van der Waals surface area contributed by atoms with Gasteiger partial charge in [-0.3, -0.25) is 4.90 Å². The highest BCUT2D eigenvalue weighted by atomic mass is 35.5. The van der Waals surface area contributed by atoms with Crippen molar-refractivity contribution >= 4 is 39.7 Å². The summed E-state index contributed by atoms with van der Waals surface area (Å²) in [6.07, 6.45) is 4.03. The van der Waals surface area contributed by atoms with Crippen molar-refractivity contribution in [3.63, 3.8) is 0 Å². The van der Waals surface area contributed by atoms with Crippen molar-refractivity contribution in [3.05, 3.63) is 45.3 Å². The first-order valence-corrected chi connectivity index (χ1v) is 8.21. The van der Waals surface area contributed by atoms with Gasteiger partial charge in [0.15, 0.2) is 0 Å². The van der Waals surface area contributed by atoms with Gasteiger partial charge >= 0.3 is 6.03 Å². The van der Waals surface area contributed by atoms with E-state index in [2.05, 4.69) is 6.07 Å². The van der Waals surface area contributed by atoms with E-state index >= 15 is 0 Å². The Labute approximate surface area is 137 Å². The number of nitrogens with two attached hydrogens (primary N) is 1. The number of thiophene rings is 1. The van der Waals surface area contributed by atoms with Gasteiger partial charge in [-0.05, 0) is 49.4 Å². The summed E-state index contributed by atoms with van der Waals surface area (Å²) >= 11 is 7.50. The number of rotatable bonds is 2. The first-order valence-electron chi connectivity index (χ1n) is 7.01. The number of hydrogen-bond donors (Lipinski definition) is 1. The molecule has 0 radical (unpaired) electrons. The molecule has 3 rings (SSSR count). The van der Waals surface area contributed by atoms with Gasteiger partial charge in [0.25, 0.3) is 0 Å². The van der Waals surface area contributed by atoms with Crippen LogP contribution < -0.4 is 10.6 Å². The minimum atomic E-state index is -0.614. The molecule has 0 unspecified atom stereocenters. The average molecular weight is 332 g/mol. The molecular weight excluding hydrogens is 318 g/mol. The van der Waals surface area contributed by atoms with E-state index in [9.17, 15) is 10.1 Å². The summed E-state index contributed by atoms with van der Waals surface area (Å²) in [6.45, 7) is 0. The second kappa shape index (κ2) is 5.99. The van der Waals surface area contributed by atoms with Gasteiger partial charge < -0.3 is 5.73 Å². The molecule has 0 spiro atoms. The number of anilines is 2. The van der Waals surface area contributed by atoms with E-state index in [0.717, 1.165) is 31.2 Å². The third kappa shape index (κ3) is 2.56. The molecule has 22 heavy (non-hydrogen) atoms. The topological polar surface area (TPSA) is 70.1 Å². The number of primary amides is 1. The van der Waals surface area contributed by atoms with Crippen molar-refractivity contribution < 1.29 is 4.79 Å². The standard InChI is InChI=1S/C16H14ClN3OS/c17-10-4-3-5-11(8-10)20(16(19)21)15-13(9-18)12-6-1-2-7-14(12)22-15/h3-5,8H,1-2,6-7H2,(H2,19,21). The number of hydrogen-bond acceptors (Lipinski definition) is 3. The average Bonchev–Trinajstić information content (AvgIpc) is 2.85. The lowest BCUT2D eigenvalue weighted by Gasteiger charge is -2.19. The number of urea groups is 1. The fourth-order valence-corrected chi connectivity index (χ4v) is 4.33. The van der Waals surface area contributed by atoms with Crippen molar-refractivity contribution in [2.45, 2.75) is 25.7 Å². The molecule has 0 saturated heterocycles. The molecule has 1 aromatic heterocycles. The zero-order chi connectivity index (χ0) is 15.7. The monoisotopic (exact) mass is 331 g/mol. The second-order valence-corrected chi connectivity index (χ2v) is 6.68. The van der Waals surface area contributed by atoms with Crippen molar-refractivity contribution in [2.75, 3.05) is 4.90 Å². The Kier molecular flexibility index (Phi) is 4.06. The molecule has 0 atom stereocenters. The fraction of sp³-hybridized carbons (Fsp3) is 0.250. The number of carbonyl (C=O) groups excluding carboxylic acids is 1. The van der Waals surface area contributed by atoms with Gasteiger partial charge in [0.05, 0.1) is 11.3 Å². The van der Waals surface area contributed by atoms with Gasteiger partial charge in [0.1, 0.15) is 11.1 Å². The van der Waals surface area contributed by atoms with Crippen LogP contribution in [0.3, 0.4) is 0 Å². The molecule has 1 heterocycles. The Morgan fingerprint density at radius 1 is 1.36 bits per heavy atom. The predicted molar refractivity (Wildman–Crippen MR) is 88.9 cm³/mol. The van der Waals surface area contributed by atoms with E-state index in [4.69, 9.17) is 17.3 Å².